The molecule has 2 aliphatic carbocycles. The Hall–Kier alpha value is -5.76. The van der Waals surface area contributed by atoms with Gasteiger partial charge < -0.3 is 24.6 Å². The van der Waals surface area contributed by atoms with Gasteiger partial charge in [0.25, 0.3) is 5.91 Å². The van der Waals surface area contributed by atoms with Crippen LogP contribution in [-0.4, -0.2) is 85.1 Å². The van der Waals surface area contributed by atoms with Crippen LogP contribution in [-0.2, 0) is 35.6 Å². The molecule has 61 heavy (non-hydrogen) atoms. The summed E-state index contributed by atoms with van der Waals surface area (Å²) in [5.41, 5.74) is 1.81. The number of nitrogens with zero attached hydrogens (tertiary/aromatic N) is 3. The van der Waals surface area contributed by atoms with E-state index in [0.29, 0.717) is 47.5 Å². The second kappa shape index (κ2) is 16.3. The van der Waals surface area contributed by atoms with Crippen LogP contribution in [0, 0.1) is 17.3 Å². The van der Waals surface area contributed by atoms with Crippen molar-refractivity contribution in [3.63, 3.8) is 0 Å². The number of ether oxygens (including phenoxy) is 2. The van der Waals surface area contributed by atoms with Gasteiger partial charge in [-0.3, -0.25) is 23.9 Å². The first-order chi connectivity index (χ1) is 29.1. The first kappa shape index (κ1) is 42.0. The summed E-state index contributed by atoms with van der Waals surface area (Å²) in [5.74, 6) is -2.27. The first-order valence-electron chi connectivity index (χ1n) is 21.0. The highest BCUT2D eigenvalue weighted by atomic mass is 32.2. The molecule has 3 heterocycles. The first-order valence-corrected chi connectivity index (χ1v) is 22.6. The fourth-order valence-electron chi connectivity index (χ4n) is 8.77. The van der Waals surface area contributed by atoms with E-state index in [-0.39, 0.29) is 31.7 Å². The molecular weight excluding hydrogens is 795 g/mol. The summed E-state index contributed by atoms with van der Waals surface area (Å²) >= 11 is 0. The Balaban J connectivity index is 1.12. The molecule has 1 aromatic heterocycles. The second-order valence-corrected chi connectivity index (χ2v) is 19.8. The predicted molar refractivity (Wildman–Crippen MR) is 232 cm³/mol. The molecule has 4 aliphatic rings. The van der Waals surface area contributed by atoms with E-state index in [0.717, 1.165) is 29.7 Å². The summed E-state index contributed by atoms with van der Waals surface area (Å²) in [6.07, 6.45) is 3.53. The van der Waals surface area contributed by atoms with Crippen LogP contribution in [0.15, 0.2) is 91.5 Å². The molecule has 13 nitrogen and oxygen atoms in total. The standard InChI is InChI=1S/C47H53N5O8S/c1-6-31-27-47(31,45(56)50-61(57,58)34-19-20-34)49-43(54)40-24-33(60-41-26-37(29-13-8-7-9-14-29)48-38-23-32(59-5)18-21-35(38)41)28-52(40)44(55)36(46(2,3)4)25-42(53)51-22-12-16-30-15-10-11-17-39(30)51/h6-11,13-15,17-18,21,23,26,31,33-34,36,40H,1,12,16,19-20,22,24-25,27-28H2,2-5H3,(H,49,54)(H,50,56)/t31?,33-,36-,40+,47?/m1/s1. The van der Waals surface area contributed by atoms with Gasteiger partial charge in [0.05, 0.1) is 36.0 Å². The van der Waals surface area contributed by atoms with E-state index in [1.54, 1.807) is 12.0 Å². The number of benzene rings is 3. The van der Waals surface area contributed by atoms with Crippen LogP contribution >= 0.6 is 0 Å². The third-order valence-corrected chi connectivity index (χ3v) is 14.4. The van der Waals surface area contributed by atoms with E-state index in [1.165, 1.54) is 11.0 Å². The van der Waals surface area contributed by atoms with Crippen LogP contribution in [0.4, 0.5) is 5.69 Å². The molecule has 3 aromatic carbocycles. The van der Waals surface area contributed by atoms with E-state index in [9.17, 15) is 22.8 Å². The molecule has 2 saturated carbocycles. The van der Waals surface area contributed by atoms with Crippen molar-refractivity contribution in [3.05, 3.63) is 97.1 Å². The normalized spacial score (nSPS) is 22.8. The second-order valence-electron chi connectivity index (χ2n) is 17.8. The number of aromatic nitrogens is 1. The van der Waals surface area contributed by atoms with Crippen molar-refractivity contribution in [2.45, 2.75) is 88.7 Å². The van der Waals surface area contributed by atoms with Crippen LogP contribution in [0.2, 0.25) is 0 Å². The Morgan fingerprint density at radius 2 is 1.75 bits per heavy atom. The summed E-state index contributed by atoms with van der Waals surface area (Å²) in [5, 5.41) is 2.94. The maximum Gasteiger partial charge on any atom is 0.259 e. The van der Waals surface area contributed by atoms with Crippen molar-refractivity contribution >= 4 is 50.2 Å². The van der Waals surface area contributed by atoms with Crippen LogP contribution in [0.1, 0.15) is 64.9 Å². The molecule has 1 saturated heterocycles. The minimum absolute atomic E-state index is 0.00498. The van der Waals surface area contributed by atoms with Crippen LogP contribution in [0.25, 0.3) is 22.2 Å². The molecule has 5 atom stereocenters. The van der Waals surface area contributed by atoms with Gasteiger partial charge in [0, 0.05) is 54.1 Å². The molecule has 3 fully saturated rings. The number of carbonyl (C=O) groups excluding carboxylic acids is 4. The Morgan fingerprint density at radius 3 is 2.44 bits per heavy atom. The lowest BCUT2D eigenvalue weighted by atomic mass is 9.77. The van der Waals surface area contributed by atoms with Gasteiger partial charge in [0.15, 0.2) is 0 Å². The molecule has 14 heteroatoms. The number of pyridine rings is 1. The molecular formula is C47H53N5O8S. The van der Waals surface area contributed by atoms with Crippen molar-refractivity contribution < 1.29 is 37.1 Å². The number of nitrogens with one attached hydrogen (secondary N) is 2. The highest BCUT2D eigenvalue weighted by molar-refractivity contribution is 7.91. The number of fused-ring (bicyclic) bond motifs is 2. The maximum absolute atomic E-state index is 15.1. The van der Waals surface area contributed by atoms with Gasteiger partial charge >= 0.3 is 0 Å². The number of para-hydroxylation sites is 1. The Morgan fingerprint density at radius 1 is 1.02 bits per heavy atom. The van der Waals surface area contributed by atoms with E-state index in [2.05, 4.69) is 16.6 Å². The number of rotatable bonds is 13. The summed E-state index contributed by atoms with van der Waals surface area (Å²) in [6.45, 7) is 10.1. The zero-order valence-corrected chi connectivity index (χ0v) is 35.9. The minimum atomic E-state index is -3.92. The lowest BCUT2D eigenvalue weighted by Crippen LogP contribution is -2.57. The summed E-state index contributed by atoms with van der Waals surface area (Å²) in [7, 11) is -2.33. The molecule has 2 aliphatic heterocycles. The Labute approximate surface area is 356 Å². The summed E-state index contributed by atoms with van der Waals surface area (Å²) in [4.78, 5) is 65.9. The smallest absolute Gasteiger partial charge is 0.259 e. The lowest BCUT2D eigenvalue weighted by Gasteiger charge is -2.37. The van der Waals surface area contributed by atoms with Gasteiger partial charge in [-0.2, -0.15) is 0 Å². The maximum atomic E-state index is 15.1. The van der Waals surface area contributed by atoms with Crippen LogP contribution < -0.4 is 24.4 Å². The molecule has 320 valence electrons. The zero-order valence-electron chi connectivity index (χ0n) is 35.1. The monoisotopic (exact) mass is 847 g/mol. The number of likely N-dealkylation sites (tertiary alicyclic amines) is 1. The highest BCUT2D eigenvalue weighted by Gasteiger charge is 2.62. The molecule has 4 amide bonds. The van der Waals surface area contributed by atoms with Crippen LogP contribution in [0.5, 0.6) is 11.5 Å². The van der Waals surface area contributed by atoms with E-state index >= 15 is 4.79 Å². The Kier molecular flexibility index (Phi) is 11.2. The fraction of sp³-hybridized carbons (Fsp3) is 0.426. The number of aryl methyl sites for hydroxylation is 1. The van der Waals surface area contributed by atoms with Gasteiger partial charge in [-0.05, 0) is 61.3 Å². The van der Waals surface area contributed by atoms with Gasteiger partial charge in [0.2, 0.25) is 27.7 Å². The largest absolute Gasteiger partial charge is 0.497 e. The molecule has 2 unspecified atom stereocenters. The molecule has 0 spiro atoms. The quantitative estimate of drug-likeness (QED) is 0.155. The summed E-state index contributed by atoms with van der Waals surface area (Å²) < 4.78 is 40.3. The lowest BCUT2D eigenvalue weighted by molar-refractivity contribution is -0.146. The van der Waals surface area contributed by atoms with Crippen molar-refractivity contribution in [3.8, 4) is 22.8 Å². The zero-order chi connectivity index (χ0) is 43.3. The van der Waals surface area contributed by atoms with E-state index < -0.39 is 67.9 Å². The molecule has 8 rings (SSSR count). The SMILES string of the molecule is C=CC1CC1(NC(=O)[C@@H]1C[C@@H](Oc2cc(-c3ccccc3)nc3cc(OC)ccc23)CN1C(=O)[C@@H](CC(=O)N1CCCc2ccccc21)C(C)(C)C)C(=O)NS(=O)(=O)C1CC1. The number of methoxy groups -OCH3 is 1. The van der Waals surface area contributed by atoms with Gasteiger partial charge in [-0.25, -0.2) is 13.4 Å². The molecule has 2 N–H and O–H groups in total. The van der Waals surface area contributed by atoms with Crippen molar-refractivity contribution in [1.29, 1.82) is 0 Å². The number of anilines is 1. The number of sulfonamides is 1. The van der Waals surface area contributed by atoms with Gasteiger partial charge in [-0.15, -0.1) is 6.58 Å². The topological polar surface area (TPSA) is 164 Å². The third kappa shape index (κ3) is 8.46. The molecule has 4 aromatic rings. The predicted octanol–water partition coefficient (Wildman–Crippen LogP) is 5.96. The van der Waals surface area contributed by atoms with Gasteiger partial charge in [-0.1, -0.05) is 75.4 Å². The van der Waals surface area contributed by atoms with Crippen molar-refractivity contribution in [1.82, 2.24) is 19.9 Å². The average molecular weight is 848 g/mol. The minimum Gasteiger partial charge on any atom is -0.497 e. The van der Waals surface area contributed by atoms with Gasteiger partial charge in [0.1, 0.15) is 29.2 Å². The molecule has 0 radical (unpaired) electrons. The van der Waals surface area contributed by atoms with E-state index in [4.69, 9.17) is 14.5 Å². The van der Waals surface area contributed by atoms with Crippen LogP contribution in [0.3, 0.4) is 0 Å². The molecule has 0 bridgehead atoms. The summed E-state index contributed by atoms with van der Waals surface area (Å²) in [6, 6.07) is 23.7. The number of hydrogen-bond donors (Lipinski definition) is 2. The van der Waals surface area contributed by atoms with Crippen molar-refractivity contribution in [2.75, 3.05) is 25.1 Å². The Bertz CT molecular complexity index is 2500. The fourth-order valence-corrected chi connectivity index (χ4v) is 10.1. The van der Waals surface area contributed by atoms with E-state index in [1.807, 2.05) is 99.6 Å². The number of carbonyl (C=O) groups is 4. The highest BCUT2D eigenvalue weighted by Crippen LogP contribution is 2.46. The number of hydrogen-bond acceptors (Lipinski definition) is 9. The average Bonchev–Trinajstić information content (AvgIpc) is 4.18. The third-order valence-electron chi connectivity index (χ3n) is 12.6. The number of amides is 4. The van der Waals surface area contributed by atoms with Crippen molar-refractivity contribution in [2.24, 2.45) is 17.3 Å².